The van der Waals surface area contributed by atoms with Crippen LogP contribution >= 0.6 is 0 Å². The Balaban J connectivity index is 1.36. The minimum atomic E-state index is -0.407. The van der Waals surface area contributed by atoms with Crippen molar-refractivity contribution in [1.82, 2.24) is 15.3 Å². The Hall–Kier alpha value is -2.37. The van der Waals surface area contributed by atoms with Crippen molar-refractivity contribution in [2.24, 2.45) is 0 Å². The van der Waals surface area contributed by atoms with E-state index in [4.69, 9.17) is 4.98 Å². The normalized spacial score (nSPS) is 18.7. The molecule has 1 saturated heterocycles. The summed E-state index contributed by atoms with van der Waals surface area (Å²) in [6.07, 6.45) is 2.38. The zero-order chi connectivity index (χ0) is 21.1. The molecule has 1 aliphatic rings. The number of benzene rings is 2. The molecule has 0 spiro atoms. The van der Waals surface area contributed by atoms with Gasteiger partial charge in [-0.15, -0.1) is 0 Å². The van der Waals surface area contributed by atoms with Gasteiger partial charge in [0.15, 0.2) is 0 Å². The number of rotatable bonds is 6. The third-order valence-electron chi connectivity index (χ3n) is 6.18. The number of imidazole rings is 1. The van der Waals surface area contributed by atoms with Crippen molar-refractivity contribution in [3.63, 3.8) is 0 Å². The van der Waals surface area contributed by atoms with Gasteiger partial charge in [0, 0.05) is 25.7 Å². The number of anilines is 1. The Kier molecular flexibility index (Phi) is 6.11. The van der Waals surface area contributed by atoms with Gasteiger partial charge >= 0.3 is 0 Å². The Morgan fingerprint density at radius 3 is 2.63 bits per heavy atom. The molecule has 5 heteroatoms. The molecule has 5 nitrogen and oxygen atoms in total. The molecule has 3 aromatic rings. The Morgan fingerprint density at radius 2 is 1.90 bits per heavy atom. The lowest BCUT2D eigenvalue weighted by atomic mass is 9.86. The van der Waals surface area contributed by atoms with Crippen molar-refractivity contribution in [2.45, 2.75) is 57.6 Å². The lowest BCUT2D eigenvalue weighted by Gasteiger charge is -2.36. The van der Waals surface area contributed by atoms with Crippen LogP contribution in [-0.4, -0.2) is 40.8 Å². The van der Waals surface area contributed by atoms with E-state index < -0.39 is 6.10 Å². The molecule has 0 saturated carbocycles. The lowest BCUT2D eigenvalue weighted by molar-refractivity contribution is 0.162. The van der Waals surface area contributed by atoms with Crippen LogP contribution in [0, 0.1) is 0 Å². The predicted octanol–water partition coefficient (Wildman–Crippen LogP) is 4.54. The standard InChI is InChI=1S/C25H34N4O/c1-25(2,3)19-13-11-18(12-14-19)23(30)10-6-7-20-17-26-15-16-29(20)24-27-21-8-4-5-9-22(21)28-24/h4-5,8-9,11-14,20,23,26,30H,6-7,10,15-17H2,1-3H3,(H,27,28). The average Bonchev–Trinajstić information content (AvgIpc) is 3.17. The first-order valence-corrected chi connectivity index (χ1v) is 11.1. The summed E-state index contributed by atoms with van der Waals surface area (Å²) < 4.78 is 0. The molecule has 1 fully saturated rings. The van der Waals surface area contributed by atoms with Crippen LogP contribution in [0.2, 0.25) is 0 Å². The predicted molar refractivity (Wildman–Crippen MR) is 124 cm³/mol. The zero-order valence-corrected chi connectivity index (χ0v) is 18.4. The van der Waals surface area contributed by atoms with Crippen LogP contribution in [0.15, 0.2) is 48.5 Å². The summed E-state index contributed by atoms with van der Waals surface area (Å²) in [6, 6.07) is 17.0. The second-order valence-electron chi connectivity index (χ2n) is 9.45. The minimum absolute atomic E-state index is 0.136. The molecule has 2 atom stereocenters. The summed E-state index contributed by atoms with van der Waals surface area (Å²) >= 11 is 0. The molecule has 0 amide bonds. The summed E-state index contributed by atoms with van der Waals surface area (Å²) in [4.78, 5) is 10.7. The van der Waals surface area contributed by atoms with E-state index in [1.165, 1.54) is 5.56 Å². The number of hydrogen-bond donors (Lipinski definition) is 3. The molecule has 0 aliphatic carbocycles. The second-order valence-corrected chi connectivity index (χ2v) is 9.45. The fourth-order valence-corrected chi connectivity index (χ4v) is 4.29. The molecule has 2 aromatic carbocycles. The van der Waals surface area contributed by atoms with E-state index in [1.807, 2.05) is 18.2 Å². The van der Waals surface area contributed by atoms with E-state index in [9.17, 15) is 5.11 Å². The molecular formula is C25H34N4O. The van der Waals surface area contributed by atoms with Crippen LogP contribution < -0.4 is 10.2 Å². The van der Waals surface area contributed by atoms with Gasteiger partial charge < -0.3 is 20.3 Å². The highest BCUT2D eigenvalue weighted by Gasteiger charge is 2.25. The number of hydrogen-bond acceptors (Lipinski definition) is 4. The van der Waals surface area contributed by atoms with E-state index in [0.717, 1.165) is 61.4 Å². The van der Waals surface area contributed by atoms with Gasteiger partial charge in [-0.2, -0.15) is 0 Å². The number of aromatic nitrogens is 2. The monoisotopic (exact) mass is 406 g/mol. The molecule has 1 aromatic heterocycles. The van der Waals surface area contributed by atoms with E-state index in [1.54, 1.807) is 0 Å². The summed E-state index contributed by atoms with van der Waals surface area (Å²) in [7, 11) is 0. The van der Waals surface area contributed by atoms with Gasteiger partial charge in [-0.25, -0.2) is 4.98 Å². The van der Waals surface area contributed by atoms with Gasteiger partial charge in [-0.05, 0) is 47.9 Å². The van der Waals surface area contributed by atoms with Crippen LogP contribution in [0.25, 0.3) is 11.0 Å². The van der Waals surface area contributed by atoms with E-state index in [2.05, 4.69) is 66.3 Å². The first-order chi connectivity index (χ1) is 14.4. The highest BCUT2D eigenvalue weighted by atomic mass is 16.3. The second kappa shape index (κ2) is 8.78. The summed E-state index contributed by atoms with van der Waals surface area (Å²) in [5.74, 6) is 0.959. The lowest BCUT2D eigenvalue weighted by Crippen LogP contribution is -2.51. The van der Waals surface area contributed by atoms with Gasteiger partial charge in [-0.1, -0.05) is 57.2 Å². The third kappa shape index (κ3) is 4.68. The van der Waals surface area contributed by atoms with Crippen molar-refractivity contribution in [3.8, 4) is 0 Å². The van der Waals surface area contributed by atoms with E-state index >= 15 is 0 Å². The Labute approximate surface area is 179 Å². The van der Waals surface area contributed by atoms with Crippen molar-refractivity contribution in [1.29, 1.82) is 0 Å². The molecular weight excluding hydrogens is 372 g/mol. The third-order valence-corrected chi connectivity index (χ3v) is 6.18. The van der Waals surface area contributed by atoms with Gasteiger partial charge in [-0.3, -0.25) is 0 Å². The van der Waals surface area contributed by atoms with Crippen molar-refractivity contribution >= 4 is 17.0 Å². The molecule has 2 unspecified atom stereocenters. The summed E-state index contributed by atoms with van der Waals surface area (Å²) in [5, 5.41) is 14.2. The first kappa shape index (κ1) is 20.9. The van der Waals surface area contributed by atoms with Crippen LogP contribution in [-0.2, 0) is 5.41 Å². The molecule has 3 N–H and O–H groups in total. The van der Waals surface area contributed by atoms with Gasteiger partial charge in [0.25, 0.3) is 0 Å². The number of nitrogens with zero attached hydrogens (tertiary/aromatic N) is 2. The number of nitrogens with one attached hydrogen (secondary N) is 2. The smallest absolute Gasteiger partial charge is 0.204 e. The van der Waals surface area contributed by atoms with Gasteiger partial charge in [0.2, 0.25) is 5.95 Å². The van der Waals surface area contributed by atoms with Crippen LogP contribution in [0.5, 0.6) is 0 Å². The molecule has 2 heterocycles. The van der Waals surface area contributed by atoms with Crippen molar-refractivity contribution in [3.05, 3.63) is 59.7 Å². The Bertz CT molecular complexity index is 924. The van der Waals surface area contributed by atoms with Crippen molar-refractivity contribution in [2.75, 3.05) is 24.5 Å². The number of piperazine rings is 1. The van der Waals surface area contributed by atoms with Gasteiger partial charge in [0.05, 0.1) is 17.1 Å². The number of fused-ring (bicyclic) bond motifs is 1. The fraction of sp³-hybridized carbons (Fsp3) is 0.480. The molecule has 160 valence electrons. The van der Waals surface area contributed by atoms with Crippen molar-refractivity contribution < 1.29 is 5.11 Å². The number of para-hydroxylation sites is 2. The molecule has 30 heavy (non-hydrogen) atoms. The van der Waals surface area contributed by atoms with Crippen LogP contribution in [0.1, 0.15) is 57.3 Å². The highest BCUT2D eigenvalue weighted by molar-refractivity contribution is 5.77. The number of aliphatic hydroxyl groups excluding tert-OH is 1. The number of H-pyrrole nitrogens is 1. The minimum Gasteiger partial charge on any atom is -0.388 e. The zero-order valence-electron chi connectivity index (χ0n) is 18.4. The summed E-state index contributed by atoms with van der Waals surface area (Å²) in [5.41, 5.74) is 4.54. The van der Waals surface area contributed by atoms with Crippen LogP contribution in [0.4, 0.5) is 5.95 Å². The molecule has 0 radical (unpaired) electrons. The quantitative estimate of drug-likeness (QED) is 0.562. The number of aliphatic hydroxyl groups is 1. The largest absolute Gasteiger partial charge is 0.388 e. The molecule has 1 aliphatic heterocycles. The first-order valence-electron chi connectivity index (χ1n) is 11.1. The fourth-order valence-electron chi connectivity index (χ4n) is 4.29. The SMILES string of the molecule is CC(C)(C)c1ccc(C(O)CCCC2CNCCN2c2nc3ccccc3[nH]2)cc1. The van der Waals surface area contributed by atoms with Crippen LogP contribution in [0.3, 0.4) is 0 Å². The van der Waals surface area contributed by atoms with E-state index in [0.29, 0.717) is 6.04 Å². The topological polar surface area (TPSA) is 64.2 Å². The average molecular weight is 407 g/mol. The van der Waals surface area contributed by atoms with Gasteiger partial charge in [0.1, 0.15) is 0 Å². The maximum Gasteiger partial charge on any atom is 0.204 e. The molecule has 0 bridgehead atoms. The number of aromatic amines is 1. The highest BCUT2D eigenvalue weighted by Crippen LogP contribution is 2.27. The molecule has 4 rings (SSSR count). The maximum absolute atomic E-state index is 10.7. The van der Waals surface area contributed by atoms with E-state index in [-0.39, 0.29) is 5.41 Å². The Morgan fingerprint density at radius 1 is 1.13 bits per heavy atom. The maximum atomic E-state index is 10.7. The summed E-state index contributed by atoms with van der Waals surface area (Å²) in [6.45, 7) is 9.50.